The van der Waals surface area contributed by atoms with Crippen molar-refractivity contribution in [2.45, 2.75) is 25.8 Å². The van der Waals surface area contributed by atoms with Crippen LogP contribution in [0.25, 0.3) is 0 Å². The Morgan fingerprint density at radius 2 is 1.94 bits per heavy atom. The summed E-state index contributed by atoms with van der Waals surface area (Å²) in [5.41, 5.74) is 0.745. The predicted molar refractivity (Wildman–Crippen MR) is 69.8 cm³/mol. The van der Waals surface area contributed by atoms with Crippen LogP contribution in [0.4, 0.5) is 0 Å². The molecule has 1 N–H and O–H groups in total. The molecule has 1 aliphatic rings. The summed E-state index contributed by atoms with van der Waals surface area (Å²) in [6, 6.07) is 4.84. The molecule has 2 rings (SSSR count). The van der Waals surface area contributed by atoms with Gasteiger partial charge in [-0.1, -0.05) is 36.5 Å². The normalized spacial score (nSPS) is 19.1. The van der Waals surface area contributed by atoms with E-state index < -0.39 is 0 Å². The molecule has 0 fully saturated rings. The maximum Gasteiger partial charge on any atom is 0.250 e. The van der Waals surface area contributed by atoms with Crippen molar-refractivity contribution in [2.75, 3.05) is 0 Å². The van der Waals surface area contributed by atoms with Crippen molar-refractivity contribution in [3.63, 3.8) is 0 Å². The molecule has 1 amide bonds. The summed E-state index contributed by atoms with van der Waals surface area (Å²) in [6.45, 7) is 2.02. The number of carbonyl (C=O) groups excluding carboxylic acids is 1. The van der Waals surface area contributed by atoms with Gasteiger partial charge in [0.05, 0.1) is 0 Å². The summed E-state index contributed by atoms with van der Waals surface area (Å²) in [7, 11) is 0. The molecule has 1 aromatic carbocycles. The van der Waals surface area contributed by atoms with E-state index in [0.29, 0.717) is 15.9 Å². The minimum Gasteiger partial charge on any atom is -0.309 e. The molecule has 1 aromatic rings. The second-order valence-corrected chi connectivity index (χ2v) is 4.80. The van der Waals surface area contributed by atoms with E-state index in [2.05, 4.69) is 10.3 Å². The van der Waals surface area contributed by atoms with Crippen LogP contribution in [0.1, 0.15) is 25.3 Å². The topological polar surface area (TPSA) is 41.5 Å². The fraction of sp³-hybridized carbons (Fsp3) is 0.333. The number of aliphatic imine (C=N–C) groups is 1. The molecule has 1 unspecified atom stereocenters. The van der Waals surface area contributed by atoms with Gasteiger partial charge in [-0.2, -0.15) is 0 Å². The quantitative estimate of drug-likeness (QED) is 0.902. The van der Waals surface area contributed by atoms with Crippen LogP contribution in [0, 0.1) is 0 Å². The Bertz CT molecular complexity index is 465. The Balaban J connectivity index is 2.29. The van der Waals surface area contributed by atoms with Crippen LogP contribution in [0.2, 0.25) is 10.0 Å². The lowest BCUT2D eigenvalue weighted by Gasteiger charge is -2.02. The third kappa shape index (κ3) is 2.79. The van der Waals surface area contributed by atoms with E-state index in [0.717, 1.165) is 18.4 Å². The first kappa shape index (κ1) is 12.4. The highest BCUT2D eigenvalue weighted by molar-refractivity contribution is 6.35. The summed E-state index contributed by atoms with van der Waals surface area (Å²) in [5.74, 6) is 0.496. The number of halogens is 2. The number of amides is 1. The van der Waals surface area contributed by atoms with E-state index in [9.17, 15) is 4.79 Å². The predicted octanol–water partition coefficient (Wildman–Crippen LogP) is 3.04. The zero-order valence-electron chi connectivity index (χ0n) is 9.34. The highest BCUT2D eigenvalue weighted by Gasteiger charge is 2.26. The van der Waals surface area contributed by atoms with Crippen LogP contribution < -0.4 is 5.32 Å². The van der Waals surface area contributed by atoms with Gasteiger partial charge < -0.3 is 5.32 Å². The monoisotopic (exact) mass is 270 g/mol. The minimum atomic E-state index is -0.284. The average molecular weight is 271 g/mol. The molecule has 0 aromatic heterocycles. The Hall–Kier alpha value is -1.06. The van der Waals surface area contributed by atoms with E-state index in [1.165, 1.54) is 0 Å². The summed E-state index contributed by atoms with van der Waals surface area (Å²) in [6.07, 6.45) is 1.68. The van der Waals surface area contributed by atoms with Crippen molar-refractivity contribution in [1.29, 1.82) is 0 Å². The second-order valence-electron chi connectivity index (χ2n) is 3.93. The zero-order valence-corrected chi connectivity index (χ0v) is 10.8. The first-order valence-corrected chi connectivity index (χ1v) is 6.21. The highest BCUT2D eigenvalue weighted by Crippen LogP contribution is 2.21. The summed E-state index contributed by atoms with van der Waals surface area (Å²) in [4.78, 5) is 16.0. The number of hydrogen-bond acceptors (Lipinski definition) is 2. The molecule has 17 heavy (non-hydrogen) atoms. The molecule has 0 saturated heterocycles. The van der Waals surface area contributed by atoms with Crippen LogP contribution in [0.3, 0.4) is 0 Å². The van der Waals surface area contributed by atoms with Crippen molar-refractivity contribution < 1.29 is 4.79 Å². The van der Waals surface area contributed by atoms with Crippen molar-refractivity contribution in [3.8, 4) is 0 Å². The maximum absolute atomic E-state index is 11.6. The SMILES string of the molecule is CCCC1N=C(c2cc(Cl)cc(Cl)c2)NC1=O. The molecule has 1 atom stereocenters. The summed E-state index contributed by atoms with van der Waals surface area (Å²) >= 11 is 11.8. The molecule has 90 valence electrons. The Morgan fingerprint density at radius 1 is 1.29 bits per heavy atom. The lowest BCUT2D eigenvalue weighted by atomic mass is 10.2. The standard InChI is InChI=1S/C12H12Cl2N2O/c1-2-3-10-12(17)16-11(15-10)7-4-8(13)6-9(14)5-7/h4-6,10H,2-3H2,1H3,(H,15,16,17). The number of amidine groups is 1. The number of hydrogen-bond donors (Lipinski definition) is 1. The molecule has 5 heteroatoms. The lowest BCUT2D eigenvalue weighted by molar-refractivity contribution is -0.120. The zero-order chi connectivity index (χ0) is 12.4. The third-order valence-electron chi connectivity index (χ3n) is 2.53. The Kier molecular flexibility index (Phi) is 3.69. The fourth-order valence-electron chi connectivity index (χ4n) is 1.75. The Labute approximate surface area is 110 Å². The largest absolute Gasteiger partial charge is 0.309 e. The number of nitrogens with one attached hydrogen (secondary N) is 1. The maximum atomic E-state index is 11.6. The van der Waals surface area contributed by atoms with Crippen molar-refractivity contribution in [2.24, 2.45) is 4.99 Å². The summed E-state index contributed by atoms with van der Waals surface area (Å²) < 4.78 is 0. The average Bonchev–Trinajstić information content (AvgIpc) is 2.60. The molecule has 0 bridgehead atoms. The van der Waals surface area contributed by atoms with Crippen LogP contribution in [0.15, 0.2) is 23.2 Å². The van der Waals surface area contributed by atoms with E-state index in [1.807, 2.05) is 6.92 Å². The molecular weight excluding hydrogens is 259 g/mol. The van der Waals surface area contributed by atoms with Crippen molar-refractivity contribution in [3.05, 3.63) is 33.8 Å². The van der Waals surface area contributed by atoms with Gasteiger partial charge in [-0.15, -0.1) is 0 Å². The summed E-state index contributed by atoms with van der Waals surface area (Å²) in [5, 5.41) is 3.82. The Morgan fingerprint density at radius 3 is 2.53 bits per heavy atom. The second kappa shape index (κ2) is 5.07. The first-order chi connectivity index (χ1) is 8.10. The third-order valence-corrected chi connectivity index (χ3v) is 2.96. The lowest BCUT2D eigenvalue weighted by Crippen LogP contribution is -2.29. The highest BCUT2D eigenvalue weighted by atomic mass is 35.5. The molecule has 0 saturated carbocycles. The van der Waals surface area contributed by atoms with E-state index in [4.69, 9.17) is 23.2 Å². The van der Waals surface area contributed by atoms with Crippen LogP contribution in [-0.4, -0.2) is 17.8 Å². The fourth-order valence-corrected chi connectivity index (χ4v) is 2.28. The number of carbonyl (C=O) groups is 1. The smallest absolute Gasteiger partial charge is 0.250 e. The van der Waals surface area contributed by atoms with Gasteiger partial charge in [0.25, 0.3) is 0 Å². The van der Waals surface area contributed by atoms with Crippen molar-refractivity contribution in [1.82, 2.24) is 5.32 Å². The number of rotatable bonds is 3. The number of benzene rings is 1. The van der Waals surface area contributed by atoms with Crippen molar-refractivity contribution >= 4 is 34.9 Å². The van der Waals surface area contributed by atoms with E-state index in [1.54, 1.807) is 18.2 Å². The molecule has 3 nitrogen and oxygen atoms in total. The van der Waals surface area contributed by atoms with Gasteiger partial charge in [-0.3, -0.25) is 9.79 Å². The van der Waals surface area contributed by atoms with Gasteiger partial charge in [0.2, 0.25) is 5.91 Å². The van der Waals surface area contributed by atoms with Crippen LogP contribution in [0.5, 0.6) is 0 Å². The van der Waals surface area contributed by atoms with Gasteiger partial charge in [-0.25, -0.2) is 0 Å². The van der Waals surface area contributed by atoms with Gasteiger partial charge in [0, 0.05) is 15.6 Å². The van der Waals surface area contributed by atoms with Gasteiger partial charge >= 0.3 is 0 Å². The van der Waals surface area contributed by atoms with E-state index >= 15 is 0 Å². The molecule has 1 heterocycles. The molecular formula is C12H12Cl2N2O. The molecule has 0 spiro atoms. The first-order valence-electron chi connectivity index (χ1n) is 5.45. The van der Waals surface area contributed by atoms with Gasteiger partial charge in [0.1, 0.15) is 11.9 Å². The molecule has 0 aliphatic carbocycles. The number of nitrogens with zero attached hydrogens (tertiary/aromatic N) is 1. The molecule has 0 radical (unpaired) electrons. The van der Waals surface area contributed by atoms with E-state index in [-0.39, 0.29) is 11.9 Å². The van der Waals surface area contributed by atoms with Gasteiger partial charge in [0.15, 0.2) is 0 Å². The molecule has 1 aliphatic heterocycles. The van der Waals surface area contributed by atoms with Gasteiger partial charge in [-0.05, 0) is 24.6 Å². The minimum absolute atomic E-state index is 0.0575. The van der Waals surface area contributed by atoms with Crippen LogP contribution >= 0.6 is 23.2 Å². The van der Waals surface area contributed by atoms with Crippen LogP contribution in [-0.2, 0) is 4.79 Å².